The number of alkyl carbamates (subject to hydrolysis) is 1. The lowest BCUT2D eigenvalue weighted by atomic mass is 10.2. The topological polar surface area (TPSA) is 103 Å². The average Bonchev–Trinajstić information content (AvgIpc) is 3.04. The number of anilines is 2. The molecule has 3 rings (SSSR count). The van der Waals surface area contributed by atoms with E-state index in [4.69, 9.17) is 15.2 Å². The Morgan fingerprint density at radius 2 is 2.12 bits per heavy atom. The van der Waals surface area contributed by atoms with Gasteiger partial charge in [0, 0.05) is 26.4 Å². The number of methoxy groups -OCH3 is 1. The van der Waals surface area contributed by atoms with Gasteiger partial charge >= 0.3 is 6.09 Å². The van der Waals surface area contributed by atoms with Crippen molar-refractivity contribution in [1.82, 2.24) is 15.3 Å². The minimum Gasteiger partial charge on any atom is -0.445 e. The highest BCUT2D eigenvalue weighted by Crippen LogP contribution is 2.20. The molecule has 0 radical (unpaired) electrons. The van der Waals surface area contributed by atoms with Crippen LogP contribution in [0, 0.1) is 0 Å². The Hall–Kier alpha value is -2.87. The summed E-state index contributed by atoms with van der Waals surface area (Å²) >= 11 is 0. The highest BCUT2D eigenvalue weighted by atomic mass is 16.5. The molecule has 8 nitrogen and oxygen atoms in total. The molecule has 1 aliphatic heterocycles. The Labute approximate surface area is 146 Å². The fourth-order valence-electron chi connectivity index (χ4n) is 2.79. The van der Waals surface area contributed by atoms with E-state index in [0.29, 0.717) is 18.9 Å². The van der Waals surface area contributed by atoms with Crippen molar-refractivity contribution in [3.05, 3.63) is 48.2 Å². The third-order valence-corrected chi connectivity index (χ3v) is 4.07. The molecule has 0 saturated carbocycles. The van der Waals surface area contributed by atoms with E-state index in [2.05, 4.69) is 15.3 Å². The second-order valence-corrected chi connectivity index (χ2v) is 5.76. The number of nitrogen functional groups attached to an aromatic ring is 1. The molecule has 1 aromatic carbocycles. The summed E-state index contributed by atoms with van der Waals surface area (Å²) in [6.07, 6.45) is 0.967. The number of benzene rings is 1. The summed E-state index contributed by atoms with van der Waals surface area (Å²) in [6.45, 7) is 1.37. The molecule has 132 valence electrons. The normalized spacial score (nSPS) is 19.6. The quantitative estimate of drug-likeness (QED) is 0.840. The van der Waals surface area contributed by atoms with Crippen LogP contribution < -0.4 is 16.0 Å². The first-order valence-corrected chi connectivity index (χ1v) is 7.99. The first-order valence-electron chi connectivity index (χ1n) is 7.99. The number of aromatic nitrogens is 2. The average molecular weight is 343 g/mol. The Balaban J connectivity index is 1.56. The van der Waals surface area contributed by atoms with Gasteiger partial charge in [-0.25, -0.2) is 9.78 Å². The molecule has 1 aliphatic rings. The van der Waals surface area contributed by atoms with Crippen LogP contribution in [0.4, 0.5) is 16.6 Å². The molecule has 1 amide bonds. The number of nitrogens with one attached hydrogen (secondary N) is 1. The van der Waals surface area contributed by atoms with Gasteiger partial charge in [0.15, 0.2) is 0 Å². The van der Waals surface area contributed by atoms with Crippen molar-refractivity contribution in [3.8, 4) is 0 Å². The van der Waals surface area contributed by atoms with Crippen molar-refractivity contribution in [2.24, 2.45) is 0 Å². The van der Waals surface area contributed by atoms with Gasteiger partial charge in [-0.15, -0.1) is 0 Å². The number of nitrogens with zero attached hydrogens (tertiary/aromatic N) is 3. The number of hydrogen-bond donors (Lipinski definition) is 2. The van der Waals surface area contributed by atoms with Gasteiger partial charge in [0.1, 0.15) is 12.4 Å². The van der Waals surface area contributed by atoms with Crippen molar-refractivity contribution in [2.45, 2.75) is 18.8 Å². The summed E-state index contributed by atoms with van der Waals surface area (Å²) in [5.41, 5.74) is 6.57. The summed E-state index contributed by atoms with van der Waals surface area (Å²) in [5.74, 6) is 0.918. The van der Waals surface area contributed by atoms with Crippen LogP contribution in [0.2, 0.25) is 0 Å². The summed E-state index contributed by atoms with van der Waals surface area (Å²) < 4.78 is 10.8. The minimum atomic E-state index is -0.472. The molecule has 2 atom stereocenters. The highest BCUT2D eigenvalue weighted by molar-refractivity contribution is 5.68. The second kappa shape index (κ2) is 7.80. The first-order chi connectivity index (χ1) is 12.2. The van der Waals surface area contributed by atoms with Gasteiger partial charge in [0.2, 0.25) is 5.95 Å². The number of carbonyl (C=O) groups excluding carboxylic acids is 1. The van der Waals surface area contributed by atoms with Gasteiger partial charge in [0.25, 0.3) is 0 Å². The third kappa shape index (κ3) is 4.36. The zero-order chi connectivity index (χ0) is 17.6. The molecule has 2 heterocycles. The van der Waals surface area contributed by atoms with Gasteiger partial charge in [-0.1, -0.05) is 30.3 Å². The molecule has 0 aliphatic carbocycles. The monoisotopic (exact) mass is 343 g/mol. The van der Waals surface area contributed by atoms with Crippen molar-refractivity contribution in [2.75, 3.05) is 30.8 Å². The molecule has 8 heteroatoms. The SMILES string of the molecule is CO[C@@H]1CN(c2ccnc(N)n2)C[C@@H]1NC(=O)OCc1ccccc1. The van der Waals surface area contributed by atoms with Gasteiger partial charge in [0.05, 0.1) is 12.1 Å². The Morgan fingerprint density at radius 1 is 1.32 bits per heavy atom. The van der Waals surface area contributed by atoms with Crippen molar-refractivity contribution in [1.29, 1.82) is 0 Å². The Morgan fingerprint density at radius 3 is 2.84 bits per heavy atom. The van der Waals surface area contributed by atoms with E-state index in [-0.39, 0.29) is 24.7 Å². The molecule has 0 spiro atoms. The van der Waals surface area contributed by atoms with E-state index in [1.807, 2.05) is 35.2 Å². The highest BCUT2D eigenvalue weighted by Gasteiger charge is 2.35. The van der Waals surface area contributed by atoms with Crippen LogP contribution in [-0.2, 0) is 16.1 Å². The summed E-state index contributed by atoms with van der Waals surface area (Å²) in [7, 11) is 1.62. The van der Waals surface area contributed by atoms with Crippen LogP contribution in [0.3, 0.4) is 0 Å². The molecule has 0 unspecified atom stereocenters. The Bertz CT molecular complexity index is 712. The number of ether oxygens (including phenoxy) is 2. The molecule has 3 N–H and O–H groups in total. The van der Waals surface area contributed by atoms with Crippen LogP contribution in [0.25, 0.3) is 0 Å². The smallest absolute Gasteiger partial charge is 0.407 e. The summed E-state index contributed by atoms with van der Waals surface area (Å²) in [6, 6.07) is 11.1. The van der Waals surface area contributed by atoms with E-state index < -0.39 is 6.09 Å². The number of carbonyl (C=O) groups is 1. The van der Waals surface area contributed by atoms with Crippen LogP contribution in [-0.4, -0.2) is 48.4 Å². The number of nitrogens with two attached hydrogens (primary N) is 1. The van der Waals surface area contributed by atoms with E-state index >= 15 is 0 Å². The lowest BCUT2D eigenvalue weighted by Crippen LogP contribution is -2.43. The summed E-state index contributed by atoms with van der Waals surface area (Å²) in [5, 5.41) is 2.86. The van der Waals surface area contributed by atoms with Crippen LogP contribution in [0.15, 0.2) is 42.6 Å². The Kier molecular flexibility index (Phi) is 5.30. The van der Waals surface area contributed by atoms with Gasteiger partial charge in [-0.2, -0.15) is 4.98 Å². The molecular weight excluding hydrogens is 322 g/mol. The standard InChI is InChI=1S/C17H21N5O3/c1-24-14-10-22(15-7-8-19-16(18)21-15)9-13(14)20-17(23)25-11-12-5-3-2-4-6-12/h2-8,13-14H,9-11H2,1H3,(H,20,23)(H2,18,19,21)/t13-,14+/m0/s1. The van der Waals surface area contributed by atoms with Crippen LogP contribution in [0.5, 0.6) is 0 Å². The molecule has 1 aromatic heterocycles. The zero-order valence-electron chi connectivity index (χ0n) is 14.0. The van der Waals surface area contributed by atoms with Crippen LogP contribution in [0.1, 0.15) is 5.56 Å². The van der Waals surface area contributed by atoms with Crippen molar-refractivity contribution in [3.63, 3.8) is 0 Å². The summed E-state index contributed by atoms with van der Waals surface area (Å²) in [4.78, 5) is 22.2. The van der Waals surface area contributed by atoms with Gasteiger partial charge < -0.3 is 25.4 Å². The lowest BCUT2D eigenvalue weighted by molar-refractivity contribution is 0.0867. The van der Waals surface area contributed by atoms with E-state index in [1.165, 1.54) is 0 Å². The van der Waals surface area contributed by atoms with Crippen molar-refractivity contribution >= 4 is 17.9 Å². The fourth-order valence-corrected chi connectivity index (χ4v) is 2.79. The number of rotatable bonds is 5. The maximum absolute atomic E-state index is 12.1. The molecule has 1 saturated heterocycles. The molecule has 2 aromatic rings. The van der Waals surface area contributed by atoms with Gasteiger partial charge in [-0.05, 0) is 11.6 Å². The minimum absolute atomic E-state index is 0.166. The molecule has 1 fully saturated rings. The van der Waals surface area contributed by atoms with E-state index in [0.717, 1.165) is 5.56 Å². The zero-order valence-corrected chi connectivity index (χ0v) is 14.0. The number of hydrogen-bond acceptors (Lipinski definition) is 7. The van der Waals surface area contributed by atoms with Crippen LogP contribution >= 0.6 is 0 Å². The maximum atomic E-state index is 12.1. The van der Waals surface area contributed by atoms with E-state index in [9.17, 15) is 4.79 Å². The lowest BCUT2D eigenvalue weighted by Gasteiger charge is -2.18. The van der Waals surface area contributed by atoms with E-state index in [1.54, 1.807) is 19.4 Å². The predicted octanol–water partition coefficient (Wildman–Crippen LogP) is 1.19. The second-order valence-electron chi connectivity index (χ2n) is 5.76. The third-order valence-electron chi connectivity index (χ3n) is 4.07. The van der Waals surface area contributed by atoms with Crippen molar-refractivity contribution < 1.29 is 14.3 Å². The fraction of sp³-hybridized carbons (Fsp3) is 0.353. The van der Waals surface area contributed by atoms with Gasteiger partial charge in [-0.3, -0.25) is 0 Å². The maximum Gasteiger partial charge on any atom is 0.407 e. The number of amides is 1. The first kappa shape index (κ1) is 17.0. The molecule has 25 heavy (non-hydrogen) atoms. The molecular formula is C17H21N5O3. The largest absolute Gasteiger partial charge is 0.445 e. The molecule has 0 bridgehead atoms. The predicted molar refractivity (Wildman–Crippen MR) is 93.0 cm³/mol.